The smallest absolute Gasteiger partial charge is 0.253 e. The van der Waals surface area contributed by atoms with Crippen LogP contribution in [0.1, 0.15) is 36.5 Å². The third kappa shape index (κ3) is 3.80. The molecule has 2 heterocycles. The highest BCUT2D eigenvalue weighted by atomic mass is 79.9. The Morgan fingerprint density at radius 2 is 2.29 bits per heavy atom. The van der Waals surface area contributed by atoms with Crippen LogP contribution in [0, 0.1) is 0 Å². The van der Waals surface area contributed by atoms with Crippen molar-refractivity contribution in [2.45, 2.75) is 32.7 Å². The number of nitrogens with zero attached hydrogens (tertiary/aromatic N) is 2. The number of carbonyl (C=O) groups excluding carboxylic acids is 1. The van der Waals surface area contributed by atoms with Gasteiger partial charge in [-0.2, -0.15) is 0 Å². The highest BCUT2D eigenvalue weighted by Gasteiger charge is 2.16. The molecule has 1 aliphatic heterocycles. The number of fused-ring (bicyclic) bond motifs is 1. The Kier molecular flexibility index (Phi) is 5.56. The number of nitrogens with one attached hydrogen (secondary N) is 2. The molecule has 0 radical (unpaired) electrons. The van der Waals surface area contributed by atoms with E-state index in [2.05, 4.69) is 49.1 Å². The van der Waals surface area contributed by atoms with Gasteiger partial charge in [0.1, 0.15) is 5.84 Å². The first-order valence-electron chi connectivity index (χ1n) is 8.53. The highest BCUT2D eigenvalue weighted by Crippen LogP contribution is 2.25. The van der Waals surface area contributed by atoms with E-state index in [0.29, 0.717) is 6.54 Å². The third-order valence-corrected chi connectivity index (χ3v) is 4.71. The molecule has 3 rings (SSSR count). The SMILES string of the molecule is CCCCCNC(=O)c1cn(CC2=NCCN2)c2cc(Br)ccc12. The Balaban J connectivity index is 1.85. The molecule has 0 spiro atoms. The molecule has 1 amide bonds. The summed E-state index contributed by atoms with van der Waals surface area (Å²) in [4.78, 5) is 17.0. The van der Waals surface area contributed by atoms with Crippen LogP contribution >= 0.6 is 15.9 Å². The maximum absolute atomic E-state index is 12.6. The number of carbonyl (C=O) groups is 1. The number of hydrogen-bond acceptors (Lipinski definition) is 3. The normalized spacial score (nSPS) is 13.8. The summed E-state index contributed by atoms with van der Waals surface area (Å²) in [7, 11) is 0. The monoisotopic (exact) mass is 390 g/mol. The zero-order valence-corrected chi connectivity index (χ0v) is 15.5. The van der Waals surface area contributed by atoms with E-state index < -0.39 is 0 Å². The van der Waals surface area contributed by atoms with Crippen molar-refractivity contribution in [1.29, 1.82) is 0 Å². The van der Waals surface area contributed by atoms with Crippen LogP contribution in [-0.2, 0) is 6.54 Å². The number of halogens is 1. The lowest BCUT2D eigenvalue weighted by atomic mass is 10.1. The minimum Gasteiger partial charge on any atom is -0.370 e. The van der Waals surface area contributed by atoms with Crippen molar-refractivity contribution < 1.29 is 4.79 Å². The molecule has 0 atom stereocenters. The second-order valence-corrected chi connectivity index (χ2v) is 6.97. The standard InChI is InChI=1S/C18H23BrN4O/c1-2-3-4-7-22-18(24)15-11-23(12-17-20-8-9-21-17)16-10-13(19)5-6-14(15)16/h5-6,10-11H,2-4,7-9,12H2,1H3,(H,20,21)(H,22,24). The van der Waals surface area contributed by atoms with Gasteiger partial charge in [0.2, 0.25) is 0 Å². The lowest BCUT2D eigenvalue weighted by Gasteiger charge is -2.06. The van der Waals surface area contributed by atoms with Crippen molar-refractivity contribution in [1.82, 2.24) is 15.2 Å². The largest absolute Gasteiger partial charge is 0.370 e. The average Bonchev–Trinajstić information content (AvgIpc) is 3.20. The van der Waals surface area contributed by atoms with E-state index in [4.69, 9.17) is 0 Å². The van der Waals surface area contributed by atoms with Crippen LogP contribution in [0.4, 0.5) is 0 Å². The predicted molar refractivity (Wildman–Crippen MR) is 102 cm³/mol. The second-order valence-electron chi connectivity index (χ2n) is 6.05. The van der Waals surface area contributed by atoms with Crippen LogP contribution in [0.15, 0.2) is 33.9 Å². The van der Waals surface area contributed by atoms with Crippen LogP contribution in [0.2, 0.25) is 0 Å². The van der Waals surface area contributed by atoms with Gasteiger partial charge in [0.05, 0.1) is 24.2 Å². The zero-order valence-electron chi connectivity index (χ0n) is 13.9. The van der Waals surface area contributed by atoms with E-state index in [1.54, 1.807) is 0 Å². The van der Waals surface area contributed by atoms with Gasteiger partial charge in [0.25, 0.3) is 5.91 Å². The summed E-state index contributed by atoms with van der Waals surface area (Å²) < 4.78 is 3.10. The Morgan fingerprint density at radius 1 is 1.42 bits per heavy atom. The van der Waals surface area contributed by atoms with Gasteiger partial charge in [-0.05, 0) is 18.6 Å². The molecule has 0 bridgehead atoms. The fourth-order valence-electron chi connectivity index (χ4n) is 2.96. The van der Waals surface area contributed by atoms with Crippen molar-refractivity contribution in [2.75, 3.05) is 19.6 Å². The summed E-state index contributed by atoms with van der Waals surface area (Å²) in [5.41, 5.74) is 1.77. The van der Waals surface area contributed by atoms with Crippen molar-refractivity contribution in [3.8, 4) is 0 Å². The molecule has 1 aromatic carbocycles. The summed E-state index contributed by atoms with van der Waals surface area (Å²) in [6.07, 6.45) is 5.25. The molecule has 1 aromatic heterocycles. The Bertz CT molecular complexity index is 766. The van der Waals surface area contributed by atoms with E-state index in [-0.39, 0.29) is 5.91 Å². The number of benzene rings is 1. The second kappa shape index (κ2) is 7.83. The number of rotatable bonds is 7. The third-order valence-electron chi connectivity index (χ3n) is 4.22. The molecule has 0 fully saturated rings. The topological polar surface area (TPSA) is 58.4 Å². The fraction of sp³-hybridized carbons (Fsp3) is 0.444. The number of unbranched alkanes of at least 4 members (excludes halogenated alkanes) is 2. The lowest BCUT2D eigenvalue weighted by Crippen LogP contribution is -2.25. The molecule has 6 heteroatoms. The molecule has 0 unspecified atom stereocenters. The van der Waals surface area contributed by atoms with Gasteiger partial charge in [-0.25, -0.2) is 0 Å². The van der Waals surface area contributed by atoms with Gasteiger partial charge in [0.15, 0.2) is 0 Å². The molecule has 2 N–H and O–H groups in total. The van der Waals surface area contributed by atoms with E-state index >= 15 is 0 Å². The molecule has 0 saturated heterocycles. The quantitative estimate of drug-likeness (QED) is 0.712. The van der Waals surface area contributed by atoms with Gasteiger partial charge in [0, 0.05) is 29.1 Å². The lowest BCUT2D eigenvalue weighted by molar-refractivity contribution is 0.0954. The predicted octanol–water partition coefficient (Wildman–Crippen LogP) is 3.33. The Hall–Kier alpha value is -1.82. The summed E-state index contributed by atoms with van der Waals surface area (Å²) in [6, 6.07) is 6.03. The fourth-order valence-corrected chi connectivity index (χ4v) is 3.31. The minimum absolute atomic E-state index is 0.00139. The molecule has 24 heavy (non-hydrogen) atoms. The first-order chi connectivity index (χ1) is 11.7. The van der Waals surface area contributed by atoms with E-state index in [0.717, 1.165) is 65.7 Å². The van der Waals surface area contributed by atoms with Gasteiger partial charge < -0.3 is 15.2 Å². The molecular formula is C18H23BrN4O. The molecule has 128 valence electrons. The highest BCUT2D eigenvalue weighted by molar-refractivity contribution is 9.10. The minimum atomic E-state index is -0.00139. The van der Waals surface area contributed by atoms with E-state index in [1.165, 1.54) is 0 Å². The summed E-state index contributed by atoms with van der Waals surface area (Å²) in [5.74, 6) is 0.972. The van der Waals surface area contributed by atoms with Crippen molar-refractivity contribution in [2.24, 2.45) is 4.99 Å². The van der Waals surface area contributed by atoms with Gasteiger partial charge >= 0.3 is 0 Å². The number of amides is 1. The van der Waals surface area contributed by atoms with E-state index in [9.17, 15) is 4.79 Å². The van der Waals surface area contributed by atoms with Gasteiger partial charge in [-0.15, -0.1) is 0 Å². The number of aliphatic imine (C=N–C) groups is 1. The van der Waals surface area contributed by atoms with Crippen LogP contribution < -0.4 is 10.6 Å². The van der Waals surface area contributed by atoms with Crippen LogP contribution in [0.3, 0.4) is 0 Å². The summed E-state index contributed by atoms with van der Waals surface area (Å²) >= 11 is 3.53. The maximum atomic E-state index is 12.6. The Labute approximate surface area is 150 Å². The number of aromatic nitrogens is 1. The van der Waals surface area contributed by atoms with Crippen LogP contribution in [0.25, 0.3) is 10.9 Å². The summed E-state index contributed by atoms with van der Waals surface area (Å²) in [5, 5.41) is 7.30. The first kappa shape index (κ1) is 17.0. The molecule has 2 aromatic rings. The Morgan fingerprint density at radius 3 is 3.04 bits per heavy atom. The number of amidine groups is 1. The summed E-state index contributed by atoms with van der Waals surface area (Å²) in [6.45, 7) is 5.26. The van der Waals surface area contributed by atoms with Crippen molar-refractivity contribution >= 4 is 38.6 Å². The molecule has 0 saturated carbocycles. The van der Waals surface area contributed by atoms with Gasteiger partial charge in [-0.1, -0.05) is 41.8 Å². The zero-order chi connectivity index (χ0) is 16.9. The van der Waals surface area contributed by atoms with Crippen LogP contribution in [0.5, 0.6) is 0 Å². The van der Waals surface area contributed by atoms with E-state index in [1.807, 2.05) is 18.3 Å². The molecule has 1 aliphatic rings. The maximum Gasteiger partial charge on any atom is 0.253 e. The van der Waals surface area contributed by atoms with Crippen molar-refractivity contribution in [3.63, 3.8) is 0 Å². The molecule has 0 aliphatic carbocycles. The first-order valence-corrected chi connectivity index (χ1v) is 9.32. The molecule has 5 nitrogen and oxygen atoms in total. The van der Waals surface area contributed by atoms with Crippen molar-refractivity contribution in [3.05, 3.63) is 34.4 Å². The van der Waals surface area contributed by atoms with Gasteiger partial charge in [-0.3, -0.25) is 9.79 Å². The number of hydrogen-bond donors (Lipinski definition) is 2. The van der Waals surface area contributed by atoms with Crippen LogP contribution in [-0.4, -0.2) is 35.9 Å². The average molecular weight is 391 g/mol. The molecular weight excluding hydrogens is 368 g/mol.